The Morgan fingerprint density at radius 2 is 2.00 bits per heavy atom. The molecule has 0 aliphatic carbocycles. The maximum atomic E-state index is 12.9. The number of amides is 2. The molecule has 0 aromatic carbocycles. The van der Waals surface area contributed by atoms with Gasteiger partial charge in [-0.15, -0.1) is 22.7 Å². The SMILES string of the molecule is Cc1csc(NC(=O)Cn2nc(C(=O)N3CCN(C)CC3)cc2-c2cccs2)n1. The average Bonchev–Trinajstić information content (AvgIpc) is 3.43. The summed E-state index contributed by atoms with van der Waals surface area (Å²) >= 11 is 2.94. The lowest BCUT2D eigenvalue weighted by atomic mass is 10.2. The molecule has 4 rings (SSSR count). The molecule has 1 N–H and O–H groups in total. The van der Waals surface area contributed by atoms with E-state index in [2.05, 4.69) is 20.3 Å². The number of aryl methyl sites for hydroxylation is 1. The molecule has 152 valence electrons. The highest BCUT2D eigenvalue weighted by molar-refractivity contribution is 7.14. The molecule has 1 aliphatic heterocycles. The minimum absolute atomic E-state index is 0.0158. The molecule has 0 unspecified atom stereocenters. The maximum Gasteiger partial charge on any atom is 0.274 e. The minimum Gasteiger partial charge on any atom is -0.335 e. The van der Waals surface area contributed by atoms with Crippen LogP contribution in [0.4, 0.5) is 5.13 Å². The first kappa shape index (κ1) is 19.7. The van der Waals surface area contributed by atoms with Gasteiger partial charge in [0.25, 0.3) is 5.91 Å². The van der Waals surface area contributed by atoms with Crippen LogP contribution < -0.4 is 5.32 Å². The van der Waals surface area contributed by atoms with Gasteiger partial charge in [-0.2, -0.15) is 5.10 Å². The Morgan fingerprint density at radius 1 is 1.21 bits per heavy atom. The molecule has 3 aromatic heterocycles. The van der Waals surface area contributed by atoms with Crippen molar-refractivity contribution < 1.29 is 9.59 Å². The number of likely N-dealkylation sites (N-methyl/N-ethyl adjacent to an activating group) is 1. The van der Waals surface area contributed by atoms with Gasteiger partial charge in [0.05, 0.1) is 16.3 Å². The van der Waals surface area contributed by atoms with Gasteiger partial charge in [-0.05, 0) is 31.5 Å². The molecule has 1 aliphatic rings. The zero-order chi connectivity index (χ0) is 20.4. The van der Waals surface area contributed by atoms with Crippen LogP contribution in [0.2, 0.25) is 0 Å². The Kier molecular flexibility index (Phi) is 5.74. The summed E-state index contributed by atoms with van der Waals surface area (Å²) < 4.78 is 1.60. The van der Waals surface area contributed by atoms with Crippen molar-refractivity contribution in [2.75, 3.05) is 38.5 Å². The predicted octanol–water partition coefficient (Wildman–Crippen LogP) is 2.40. The summed E-state index contributed by atoms with van der Waals surface area (Å²) in [5.41, 5.74) is 2.00. The fourth-order valence-corrected chi connectivity index (χ4v) is 4.59. The van der Waals surface area contributed by atoms with Gasteiger partial charge in [0, 0.05) is 31.6 Å². The van der Waals surface area contributed by atoms with Crippen LogP contribution in [0, 0.1) is 6.92 Å². The highest BCUT2D eigenvalue weighted by atomic mass is 32.1. The number of carbonyl (C=O) groups is 2. The van der Waals surface area contributed by atoms with Crippen LogP contribution in [0.3, 0.4) is 0 Å². The monoisotopic (exact) mass is 430 g/mol. The summed E-state index contributed by atoms with van der Waals surface area (Å²) in [6, 6.07) is 5.69. The van der Waals surface area contributed by atoms with E-state index in [9.17, 15) is 9.59 Å². The molecular weight excluding hydrogens is 408 g/mol. The minimum atomic E-state index is -0.223. The third kappa shape index (κ3) is 4.55. The molecule has 2 amide bonds. The van der Waals surface area contributed by atoms with Gasteiger partial charge in [-0.3, -0.25) is 14.3 Å². The molecule has 0 atom stereocenters. The number of rotatable bonds is 5. The van der Waals surface area contributed by atoms with Crippen LogP contribution in [0.15, 0.2) is 29.0 Å². The van der Waals surface area contributed by atoms with Crippen molar-refractivity contribution in [2.24, 2.45) is 0 Å². The number of hydrogen-bond acceptors (Lipinski definition) is 7. The summed E-state index contributed by atoms with van der Waals surface area (Å²) in [5.74, 6) is -0.315. The second-order valence-electron chi connectivity index (χ2n) is 6.99. The summed E-state index contributed by atoms with van der Waals surface area (Å²) in [7, 11) is 2.05. The molecule has 10 heteroatoms. The van der Waals surface area contributed by atoms with Gasteiger partial charge >= 0.3 is 0 Å². The normalized spacial score (nSPS) is 14.9. The van der Waals surface area contributed by atoms with E-state index < -0.39 is 0 Å². The number of thiophene rings is 1. The Balaban J connectivity index is 1.55. The molecule has 1 fully saturated rings. The summed E-state index contributed by atoms with van der Waals surface area (Å²) in [6.45, 7) is 4.95. The van der Waals surface area contributed by atoms with Crippen molar-refractivity contribution in [3.05, 3.63) is 40.3 Å². The van der Waals surface area contributed by atoms with Gasteiger partial charge < -0.3 is 15.1 Å². The first-order valence-corrected chi connectivity index (χ1v) is 11.1. The van der Waals surface area contributed by atoms with E-state index in [0.717, 1.165) is 29.4 Å². The zero-order valence-corrected chi connectivity index (χ0v) is 17.9. The van der Waals surface area contributed by atoms with Crippen LogP contribution in [0.1, 0.15) is 16.2 Å². The number of carbonyl (C=O) groups excluding carboxylic acids is 2. The lowest BCUT2D eigenvalue weighted by Gasteiger charge is -2.31. The number of anilines is 1. The first-order valence-electron chi connectivity index (χ1n) is 9.31. The van der Waals surface area contributed by atoms with Gasteiger partial charge in [-0.1, -0.05) is 6.07 Å². The molecule has 0 spiro atoms. The third-order valence-corrected chi connectivity index (χ3v) is 6.49. The smallest absolute Gasteiger partial charge is 0.274 e. The van der Waals surface area contributed by atoms with Crippen LogP contribution in [-0.2, 0) is 11.3 Å². The van der Waals surface area contributed by atoms with Crippen LogP contribution in [0.5, 0.6) is 0 Å². The van der Waals surface area contributed by atoms with E-state index in [1.807, 2.05) is 41.8 Å². The lowest BCUT2D eigenvalue weighted by Crippen LogP contribution is -2.47. The van der Waals surface area contributed by atoms with Crippen molar-refractivity contribution in [1.29, 1.82) is 0 Å². The summed E-state index contributed by atoms with van der Waals surface area (Å²) in [6.07, 6.45) is 0. The number of piperazine rings is 1. The predicted molar refractivity (Wildman–Crippen MR) is 114 cm³/mol. The van der Waals surface area contributed by atoms with E-state index in [0.29, 0.717) is 23.9 Å². The highest BCUT2D eigenvalue weighted by Crippen LogP contribution is 2.26. The van der Waals surface area contributed by atoms with Crippen molar-refractivity contribution in [3.63, 3.8) is 0 Å². The third-order valence-electron chi connectivity index (χ3n) is 4.72. The number of nitrogens with zero attached hydrogens (tertiary/aromatic N) is 5. The van der Waals surface area contributed by atoms with E-state index in [-0.39, 0.29) is 18.4 Å². The van der Waals surface area contributed by atoms with Crippen molar-refractivity contribution in [1.82, 2.24) is 24.6 Å². The number of hydrogen-bond donors (Lipinski definition) is 1. The molecule has 4 heterocycles. The fourth-order valence-electron chi connectivity index (χ4n) is 3.14. The van der Waals surface area contributed by atoms with Gasteiger partial charge in [0.2, 0.25) is 5.91 Å². The van der Waals surface area contributed by atoms with Gasteiger partial charge in [0.15, 0.2) is 10.8 Å². The van der Waals surface area contributed by atoms with Crippen LogP contribution in [0.25, 0.3) is 10.6 Å². The average molecular weight is 431 g/mol. The Hall–Kier alpha value is -2.56. The van der Waals surface area contributed by atoms with E-state index >= 15 is 0 Å². The molecule has 0 saturated carbocycles. The van der Waals surface area contributed by atoms with Gasteiger partial charge in [-0.25, -0.2) is 4.98 Å². The van der Waals surface area contributed by atoms with Crippen LogP contribution >= 0.6 is 22.7 Å². The van der Waals surface area contributed by atoms with E-state index in [1.54, 1.807) is 22.1 Å². The fraction of sp³-hybridized carbons (Fsp3) is 0.368. The highest BCUT2D eigenvalue weighted by Gasteiger charge is 2.24. The molecular formula is C19H22N6O2S2. The number of aromatic nitrogens is 3. The topological polar surface area (TPSA) is 83.4 Å². The number of thiazole rings is 1. The Morgan fingerprint density at radius 3 is 2.66 bits per heavy atom. The van der Waals surface area contributed by atoms with Crippen LogP contribution in [-0.4, -0.2) is 69.6 Å². The second kappa shape index (κ2) is 8.44. The zero-order valence-electron chi connectivity index (χ0n) is 16.3. The molecule has 29 heavy (non-hydrogen) atoms. The molecule has 1 saturated heterocycles. The van der Waals surface area contributed by atoms with Crippen molar-refractivity contribution in [2.45, 2.75) is 13.5 Å². The quantitative estimate of drug-likeness (QED) is 0.672. The first-order chi connectivity index (χ1) is 14.0. The lowest BCUT2D eigenvalue weighted by molar-refractivity contribution is -0.116. The summed E-state index contributed by atoms with van der Waals surface area (Å²) in [5, 5.41) is 11.7. The molecule has 0 bridgehead atoms. The molecule has 8 nitrogen and oxygen atoms in total. The Bertz CT molecular complexity index is 1000. The molecule has 3 aromatic rings. The van der Waals surface area contributed by atoms with Crippen molar-refractivity contribution in [3.8, 4) is 10.6 Å². The standard InChI is InChI=1S/C19H22N6O2S2/c1-13-12-29-19(20-13)21-17(26)11-25-15(16-4-3-9-28-16)10-14(22-25)18(27)24-7-5-23(2)6-8-24/h3-4,9-10,12H,5-8,11H2,1-2H3,(H,20,21,26). The van der Waals surface area contributed by atoms with E-state index in [4.69, 9.17) is 0 Å². The second-order valence-corrected chi connectivity index (χ2v) is 8.79. The van der Waals surface area contributed by atoms with Gasteiger partial charge in [0.1, 0.15) is 6.54 Å². The molecule has 0 radical (unpaired) electrons. The summed E-state index contributed by atoms with van der Waals surface area (Å²) in [4.78, 5) is 34.7. The Labute approximate surface area is 176 Å². The van der Waals surface area contributed by atoms with E-state index in [1.165, 1.54) is 11.3 Å². The largest absolute Gasteiger partial charge is 0.335 e. The maximum absolute atomic E-state index is 12.9. The van der Waals surface area contributed by atoms with Crippen molar-refractivity contribution >= 4 is 39.6 Å². The number of nitrogens with one attached hydrogen (secondary N) is 1.